The molecule has 0 aliphatic heterocycles. The molecule has 0 saturated carbocycles. The first-order valence-corrected chi connectivity index (χ1v) is 10.5. The second kappa shape index (κ2) is 9.57. The molecule has 0 aliphatic carbocycles. The lowest BCUT2D eigenvalue weighted by Gasteiger charge is -2.11. The molecule has 0 bridgehead atoms. The molecule has 0 unspecified atom stereocenters. The van der Waals surface area contributed by atoms with Crippen LogP contribution in [0.1, 0.15) is 48.7 Å². The minimum absolute atomic E-state index is 0.398. The van der Waals surface area contributed by atoms with E-state index in [0.29, 0.717) is 25.5 Å². The molecule has 4 aromatic heterocycles. The van der Waals surface area contributed by atoms with E-state index in [-0.39, 0.29) is 0 Å². The van der Waals surface area contributed by atoms with Crippen LogP contribution in [0, 0.1) is 0 Å². The molecule has 0 fully saturated rings. The highest BCUT2D eigenvalue weighted by molar-refractivity contribution is 5.77. The third kappa shape index (κ3) is 4.51. The highest BCUT2D eigenvalue weighted by Crippen LogP contribution is 2.20. The van der Waals surface area contributed by atoms with E-state index in [1.807, 2.05) is 35.9 Å². The summed E-state index contributed by atoms with van der Waals surface area (Å²) in [5.74, 6) is 1.42. The van der Waals surface area contributed by atoms with Gasteiger partial charge in [0, 0.05) is 38.1 Å². The van der Waals surface area contributed by atoms with Crippen molar-refractivity contribution in [2.24, 2.45) is 4.99 Å². The fraction of sp³-hybridized carbons (Fsp3) is 0.364. The number of rotatable bonds is 9. The van der Waals surface area contributed by atoms with Crippen molar-refractivity contribution >= 4 is 11.9 Å². The third-order valence-corrected chi connectivity index (χ3v) is 4.86. The molecule has 0 radical (unpaired) electrons. The molecular formula is C22H26N8O. The average Bonchev–Trinajstić information content (AvgIpc) is 3.41. The summed E-state index contributed by atoms with van der Waals surface area (Å²) in [5.41, 5.74) is 4.71. The predicted octanol–water partition coefficient (Wildman–Crippen LogP) is 2.83. The Balaban J connectivity index is 1.70. The molecule has 0 aliphatic rings. The van der Waals surface area contributed by atoms with Crippen molar-refractivity contribution in [3.05, 3.63) is 65.3 Å². The van der Waals surface area contributed by atoms with Gasteiger partial charge in [0.2, 0.25) is 0 Å². The van der Waals surface area contributed by atoms with Crippen LogP contribution in [0.15, 0.2) is 41.8 Å². The first-order valence-electron chi connectivity index (χ1n) is 10.5. The molecule has 31 heavy (non-hydrogen) atoms. The Kier molecular flexibility index (Phi) is 6.42. The molecular weight excluding hydrogens is 392 g/mol. The van der Waals surface area contributed by atoms with E-state index in [4.69, 9.17) is 14.7 Å². The Morgan fingerprint density at radius 1 is 1.16 bits per heavy atom. The Hall–Kier alpha value is -3.46. The van der Waals surface area contributed by atoms with Gasteiger partial charge in [-0.1, -0.05) is 19.4 Å². The largest absolute Gasteiger partial charge is 0.374 e. The van der Waals surface area contributed by atoms with Crippen LogP contribution in [-0.2, 0) is 24.2 Å². The number of nitrogens with zero attached hydrogens (tertiary/aromatic N) is 8. The van der Waals surface area contributed by atoms with E-state index < -0.39 is 0 Å². The Bertz CT molecular complexity index is 1190. The molecule has 4 rings (SSSR count). The van der Waals surface area contributed by atoms with Gasteiger partial charge in [0.15, 0.2) is 17.3 Å². The zero-order valence-electron chi connectivity index (χ0n) is 18.1. The van der Waals surface area contributed by atoms with Crippen LogP contribution in [0.25, 0.3) is 11.5 Å². The predicted molar refractivity (Wildman–Crippen MR) is 118 cm³/mol. The van der Waals surface area contributed by atoms with Crippen LogP contribution >= 0.6 is 0 Å². The number of hydrogen-bond donors (Lipinski definition) is 0. The van der Waals surface area contributed by atoms with Gasteiger partial charge in [-0.05, 0) is 31.5 Å². The van der Waals surface area contributed by atoms with E-state index in [1.165, 1.54) is 0 Å². The highest BCUT2D eigenvalue weighted by Gasteiger charge is 2.16. The number of aryl methyl sites for hydroxylation is 1. The number of aromatic nitrogens is 7. The maximum atomic E-state index is 5.47. The van der Waals surface area contributed by atoms with Gasteiger partial charge < -0.3 is 4.74 Å². The van der Waals surface area contributed by atoms with Gasteiger partial charge in [-0.15, -0.1) is 5.10 Å². The summed E-state index contributed by atoms with van der Waals surface area (Å²) in [5, 5.41) is 8.99. The monoisotopic (exact) mass is 418 g/mol. The van der Waals surface area contributed by atoms with E-state index in [2.05, 4.69) is 27.1 Å². The van der Waals surface area contributed by atoms with E-state index in [9.17, 15) is 0 Å². The molecule has 0 atom stereocenters. The van der Waals surface area contributed by atoms with Crippen molar-refractivity contribution in [1.29, 1.82) is 0 Å². The summed E-state index contributed by atoms with van der Waals surface area (Å²) in [7, 11) is 1.73. The third-order valence-electron chi connectivity index (χ3n) is 4.86. The summed E-state index contributed by atoms with van der Waals surface area (Å²) in [6.07, 6.45) is 7.71. The summed E-state index contributed by atoms with van der Waals surface area (Å²) < 4.78 is 9.06. The Labute approximate surface area is 180 Å². The van der Waals surface area contributed by atoms with Gasteiger partial charge in [0.05, 0.1) is 17.1 Å². The number of pyridine rings is 1. The highest BCUT2D eigenvalue weighted by atomic mass is 16.5. The number of aliphatic imine (C=N–C) groups is 1. The zero-order chi connectivity index (χ0) is 21.6. The zero-order valence-corrected chi connectivity index (χ0v) is 18.1. The van der Waals surface area contributed by atoms with Crippen LogP contribution in [-0.4, -0.2) is 54.2 Å². The van der Waals surface area contributed by atoms with Gasteiger partial charge >= 0.3 is 0 Å². The first-order chi connectivity index (χ1) is 15.2. The lowest BCUT2D eigenvalue weighted by Crippen LogP contribution is -2.09. The quantitative estimate of drug-likeness (QED) is 0.388. The SMILES string of the molecule is CCCc1c(Cc2ccnn2-c2cccc(C=NC)n2)ncn2nc(COCC)nc12. The van der Waals surface area contributed by atoms with Crippen molar-refractivity contribution < 1.29 is 4.74 Å². The first kappa shape index (κ1) is 20.8. The van der Waals surface area contributed by atoms with E-state index in [0.717, 1.165) is 47.0 Å². The van der Waals surface area contributed by atoms with E-state index in [1.54, 1.807) is 30.3 Å². The molecule has 0 spiro atoms. The molecule has 4 aromatic rings. The average molecular weight is 419 g/mol. The second-order valence-corrected chi connectivity index (χ2v) is 7.07. The normalized spacial score (nSPS) is 11.7. The second-order valence-electron chi connectivity index (χ2n) is 7.07. The van der Waals surface area contributed by atoms with Crippen molar-refractivity contribution in [1.82, 2.24) is 34.3 Å². The lowest BCUT2D eigenvalue weighted by molar-refractivity contribution is 0.128. The van der Waals surface area contributed by atoms with Gasteiger partial charge in [0.1, 0.15) is 12.9 Å². The summed E-state index contributed by atoms with van der Waals surface area (Å²) in [6, 6.07) is 7.80. The summed E-state index contributed by atoms with van der Waals surface area (Å²) >= 11 is 0. The Morgan fingerprint density at radius 2 is 2.06 bits per heavy atom. The van der Waals surface area contributed by atoms with Gasteiger partial charge in [-0.25, -0.2) is 24.1 Å². The fourth-order valence-electron chi connectivity index (χ4n) is 3.50. The topological polar surface area (TPSA) is 95.4 Å². The molecule has 9 heteroatoms. The summed E-state index contributed by atoms with van der Waals surface area (Å²) in [4.78, 5) is 18.1. The Morgan fingerprint density at radius 3 is 2.87 bits per heavy atom. The molecule has 0 saturated heterocycles. The smallest absolute Gasteiger partial charge is 0.177 e. The molecule has 4 heterocycles. The minimum atomic E-state index is 0.398. The van der Waals surface area contributed by atoms with Crippen LogP contribution in [0.3, 0.4) is 0 Å². The van der Waals surface area contributed by atoms with Crippen molar-refractivity contribution in [3.63, 3.8) is 0 Å². The van der Waals surface area contributed by atoms with E-state index >= 15 is 0 Å². The molecule has 160 valence electrons. The maximum absolute atomic E-state index is 5.47. The van der Waals surface area contributed by atoms with Gasteiger partial charge in [-0.3, -0.25) is 4.99 Å². The number of fused-ring (bicyclic) bond motifs is 1. The minimum Gasteiger partial charge on any atom is -0.374 e. The van der Waals surface area contributed by atoms with Crippen LogP contribution in [0.2, 0.25) is 0 Å². The molecule has 0 aromatic carbocycles. The number of hydrogen-bond acceptors (Lipinski definition) is 7. The molecule has 0 amide bonds. The van der Waals surface area contributed by atoms with Crippen LogP contribution in [0.4, 0.5) is 0 Å². The fourth-order valence-corrected chi connectivity index (χ4v) is 3.50. The summed E-state index contributed by atoms with van der Waals surface area (Å²) in [6.45, 7) is 5.14. The molecule has 0 N–H and O–H groups in total. The van der Waals surface area contributed by atoms with Crippen molar-refractivity contribution in [3.8, 4) is 5.82 Å². The lowest BCUT2D eigenvalue weighted by atomic mass is 10.1. The maximum Gasteiger partial charge on any atom is 0.177 e. The van der Waals surface area contributed by atoms with Gasteiger partial charge in [0.25, 0.3) is 0 Å². The standard InChI is InChI=1S/C22H26N8O/c1-4-7-18-19(24-15-29-22(18)27-20(28-29)14-31-5-2)12-17-10-11-25-30(17)21-9-6-8-16(26-21)13-23-3/h6,8-11,13,15H,4-5,7,12,14H2,1-3H3. The van der Waals surface area contributed by atoms with Crippen LogP contribution in [0.5, 0.6) is 0 Å². The molecule has 9 nitrogen and oxygen atoms in total. The van der Waals surface area contributed by atoms with Crippen molar-refractivity contribution in [2.75, 3.05) is 13.7 Å². The number of ether oxygens (including phenoxy) is 1. The van der Waals surface area contributed by atoms with Crippen LogP contribution < -0.4 is 0 Å². The van der Waals surface area contributed by atoms with Crippen molar-refractivity contribution in [2.45, 2.75) is 39.7 Å². The van der Waals surface area contributed by atoms with Gasteiger partial charge in [-0.2, -0.15) is 5.10 Å².